The van der Waals surface area contributed by atoms with Gasteiger partial charge in [0.15, 0.2) is 0 Å². The van der Waals surface area contributed by atoms with E-state index in [0.717, 1.165) is 12.5 Å². The molecule has 1 aromatic carbocycles. The molecular formula is C21H26Cl2SiZr. The second-order valence-corrected chi connectivity index (χ2v) is 41.2. The molecule has 0 N–H and O–H groups in total. The number of halogens is 2. The Morgan fingerprint density at radius 1 is 1.08 bits per heavy atom. The van der Waals surface area contributed by atoms with Crippen molar-refractivity contribution in [3.05, 3.63) is 77.4 Å². The van der Waals surface area contributed by atoms with Crippen molar-refractivity contribution in [3.8, 4) is 0 Å². The molecule has 0 radical (unpaired) electrons. The summed E-state index contributed by atoms with van der Waals surface area (Å²) < 4.78 is 2.76. The van der Waals surface area contributed by atoms with Crippen molar-refractivity contribution in [2.75, 3.05) is 0 Å². The predicted molar refractivity (Wildman–Crippen MR) is 111 cm³/mol. The molecule has 3 rings (SSSR count). The topological polar surface area (TPSA) is 0 Å². The molecule has 0 fully saturated rings. The van der Waals surface area contributed by atoms with E-state index < -0.39 is 15.0 Å². The summed E-state index contributed by atoms with van der Waals surface area (Å²) in [6.45, 7) is 8.82. The van der Waals surface area contributed by atoms with Crippen molar-refractivity contribution in [1.82, 2.24) is 0 Å². The van der Waals surface area contributed by atoms with Crippen LogP contribution < -0.4 is 0 Å². The predicted octanol–water partition coefficient (Wildman–Crippen LogP) is 6.64. The third-order valence-corrected chi connectivity index (χ3v) is 36.6. The summed E-state index contributed by atoms with van der Waals surface area (Å²) in [5.41, 5.74) is 5.38. The Balaban J connectivity index is 2.16. The molecule has 0 saturated heterocycles. The van der Waals surface area contributed by atoms with E-state index in [1.54, 1.807) is 0 Å². The van der Waals surface area contributed by atoms with Crippen LogP contribution in [-0.2, 0) is 21.1 Å². The van der Waals surface area contributed by atoms with E-state index in [1.807, 2.05) is 0 Å². The molecule has 0 aliphatic heterocycles. The second-order valence-electron chi connectivity index (χ2n) is 7.60. The van der Waals surface area contributed by atoms with E-state index in [-0.39, 0.29) is 6.16 Å². The summed E-state index contributed by atoms with van der Waals surface area (Å²) in [4.78, 5) is 0. The van der Waals surface area contributed by atoms with Crippen molar-refractivity contribution in [2.45, 2.75) is 40.2 Å². The molecule has 2 aliphatic rings. The van der Waals surface area contributed by atoms with E-state index in [4.69, 9.17) is 17.0 Å². The number of hydrogen-bond donors (Lipinski definition) is 0. The fraction of sp³-hybridized carbons (Fsp3) is 0.333. The molecule has 0 bridgehead atoms. The van der Waals surface area contributed by atoms with Crippen LogP contribution in [0.15, 0.2) is 71.8 Å². The minimum absolute atomic E-state index is 0.0562. The van der Waals surface area contributed by atoms with Gasteiger partial charge in [-0.3, -0.25) is 0 Å². The molecular weight excluding hydrogens is 442 g/mol. The minimum atomic E-state index is -4.21. The molecule has 132 valence electrons. The van der Waals surface area contributed by atoms with E-state index in [9.17, 15) is 0 Å². The van der Waals surface area contributed by atoms with Crippen LogP contribution in [0.5, 0.6) is 0 Å². The molecule has 1 unspecified atom stereocenters. The van der Waals surface area contributed by atoms with Crippen LogP contribution in [0.4, 0.5) is 0 Å². The van der Waals surface area contributed by atoms with Crippen molar-refractivity contribution in [3.63, 3.8) is 0 Å². The first-order valence-electron chi connectivity index (χ1n) is 8.94. The second kappa shape index (κ2) is 7.12. The molecule has 0 saturated carbocycles. The summed E-state index contributed by atoms with van der Waals surface area (Å²) in [6.07, 6.45) is 7.83. The van der Waals surface area contributed by atoms with Gasteiger partial charge < -0.3 is 0 Å². The zero-order valence-corrected chi connectivity index (χ0v) is 20.6. The molecule has 0 heterocycles. The maximum atomic E-state index is 7.70. The zero-order valence-electron chi connectivity index (χ0n) is 15.4. The average molecular weight is 469 g/mol. The van der Waals surface area contributed by atoms with E-state index in [0.29, 0.717) is 5.92 Å². The Bertz CT molecular complexity index is 895. The van der Waals surface area contributed by atoms with Gasteiger partial charge in [0.1, 0.15) is 0 Å². The van der Waals surface area contributed by atoms with Gasteiger partial charge in [-0.25, -0.2) is 0 Å². The fourth-order valence-electron chi connectivity index (χ4n) is 4.23. The van der Waals surface area contributed by atoms with E-state index >= 15 is 0 Å². The summed E-state index contributed by atoms with van der Waals surface area (Å²) in [6, 6.07) is 11.7. The number of hydrogen-bond acceptors (Lipinski definition) is 0. The molecule has 0 aromatic heterocycles. The Kier molecular flexibility index (Phi) is 5.58. The Hall–Kier alpha value is -0.140. The molecule has 1 aromatic rings. The molecule has 0 spiro atoms. The van der Waals surface area contributed by atoms with Gasteiger partial charge in [0.25, 0.3) is 0 Å². The molecule has 1 atom stereocenters. The Morgan fingerprint density at radius 3 is 2.28 bits per heavy atom. The molecule has 0 amide bonds. The SMILES string of the molecule is CC1=CC(C)[C]([Zr]([Cl])([Cl])(=[SiH]Cc2ccccc2)[C]2=C(C)C=C(C)C2)=C1. The molecule has 0 nitrogen and oxygen atoms in total. The Morgan fingerprint density at radius 2 is 1.76 bits per heavy atom. The normalized spacial score (nSPS) is 21.2. The first-order valence-corrected chi connectivity index (χ1v) is 23.4. The van der Waals surface area contributed by atoms with Gasteiger partial charge in [0, 0.05) is 0 Å². The van der Waals surface area contributed by atoms with E-state index in [1.165, 1.54) is 28.8 Å². The fourth-order valence-corrected chi connectivity index (χ4v) is 33.3. The van der Waals surface area contributed by atoms with Gasteiger partial charge >= 0.3 is 162 Å². The zero-order chi connectivity index (χ0) is 18.3. The standard InChI is InChI=1S/C7H8Si.2C7H9.2ClH.Zr/c8-6-7-4-2-1-3-5-7;2*1-6-3-4-7(2)5-6;;;/h1-5,8H,6H2;5H,3H2,1-2H3;3,5,7H,1-2H3;2*1H;/q;;;;;+2/p-2. The number of benzene rings is 1. The van der Waals surface area contributed by atoms with Crippen LogP contribution in [0.25, 0.3) is 0 Å². The van der Waals surface area contributed by atoms with Crippen LogP contribution in [0.2, 0.25) is 0 Å². The third-order valence-electron chi connectivity index (χ3n) is 5.40. The van der Waals surface area contributed by atoms with Crippen LogP contribution >= 0.6 is 17.0 Å². The van der Waals surface area contributed by atoms with E-state index in [2.05, 4.69) is 76.3 Å². The molecule has 2 aliphatic carbocycles. The van der Waals surface area contributed by atoms with Gasteiger partial charge in [-0.05, 0) is 0 Å². The Labute approximate surface area is 160 Å². The quantitative estimate of drug-likeness (QED) is 0.435. The number of rotatable bonds is 4. The van der Waals surface area contributed by atoms with Crippen molar-refractivity contribution >= 4 is 23.2 Å². The number of allylic oxidation sites excluding steroid dienone is 8. The summed E-state index contributed by atoms with van der Waals surface area (Å²) >= 11 is -4.21. The first-order chi connectivity index (χ1) is 11.7. The first kappa shape index (κ1) is 19.6. The molecule has 25 heavy (non-hydrogen) atoms. The van der Waals surface area contributed by atoms with Crippen LogP contribution in [0.3, 0.4) is 0 Å². The van der Waals surface area contributed by atoms with Crippen LogP contribution in [-0.4, -0.2) is 6.16 Å². The third kappa shape index (κ3) is 3.79. The van der Waals surface area contributed by atoms with Gasteiger partial charge in [0.2, 0.25) is 0 Å². The summed E-state index contributed by atoms with van der Waals surface area (Å²) in [5.74, 6) is 0.366. The van der Waals surface area contributed by atoms with Crippen LogP contribution in [0, 0.1) is 5.92 Å². The average Bonchev–Trinajstić information content (AvgIpc) is 3.09. The van der Waals surface area contributed by atoms with Crippen molar-refractivity contribution < 1.29 is 15.0 Å². The van der Waals surface area contributed by atoms with Gasteiger partial charge in [0.05, 0.1) is 0 Å². The summed E-state index contributed by atoms with van der Waals surface area (Å²) in [7, 11) is 15.4. The van der Waals surface area contributed by atoms with Crippen molar-refractivity contribution in [2.24, 2.45) is 5.92 Å². The monoisotopic (exact) mass is 466 g/mol. The maximum absolute atomic E-state index is 7.70. The molecule has 4 heteroatoms. The van der Waals surface area contributed by atoms with Crippen molar-refractivity contribution in [1.29, 1.82) is 0 Å². The van der Waals surface area contributed by atoms with Gasteiger partial charge in [-0.15, -0.1) is 0 Å². The van der Waals surface area contributed by atoms with Gasteiger partial charge in [-0.1, -0.05) is 0 Å². The van der Waals surface area contributed by atoms with Crippen LogP contribution in [0.1, 0.15) is 39.7 Å². The van der Waals surface area contributed by atoms with Gasteiger partial charge in [-0.2, -0.15) is 0 Å². The summed E-state index contributed by atoms with van der Waals surface area (Å²) in [5, 5.41) is 0.